The van der Waals surface area contributed by atoms with Crippen LogP contribution in [0.25, 0.3) is 0 Å². The third-order valence-corrected chi connectivity index (χ3v) is 4.95. The number of aliphatic hydroxyl groups is 1. The number of aliphatic hydroxyl groups excluding tert-OH is 1. The van der Waals surface area contributed by atoms with Crippen LogP contribution in [-0.4, -0.2) is 49.6 Å². The Bertz CT molecular complexity index is 676. The van der Waals surface area contributed by atoms with Crippen LogP contribution in [0.3, 0.4) is 0 Å². The van der Waals surface area contributed by atoms with E-state index >= 15 is 0 Å². The molecule has 24 heavy (non-hydrogen) atoms. The zero-order chi connectivity index (χ0) is 17.0. The Morgan fingerprint density at radius 3 is 3.04 bits per heavy atom. The average molecular weight is 329 g/mol. The zero-order valence-electron chi connectivity index (χ0n) is 14.0. The molecule has 3 rings (SSSR count). The van der Waals surface area contributed by atoms with Crippen molar-refractivity contribution in [3.8, 4) is 11.8 Å². The molecule has 5 nitrogen and oxygen atoms in total. The lowest BCUT2D eigenvalue weighted by Gasteiger charge is -2.35. The van der Waals surface area contributed by atoms with Gasteiger partial charge in [-0.15, -0.1) is 0 Å². The predicted molar refractivity (Wildman–Crippen MR) is 89.6 cm³/mol. The normalized spacial score (nSPS) is 21.5. The van der Waals surface area contributed by atoms with Gasteiger partial charge >= 0.3 is 6.09 Å². The number of nitrogens with zero attached hydrogens (tertiary/aromatic N) is 1. The van der Waals surface area contributed by atoms with Gasteiger partial charge in [-0.2, -0.15) is 0 Å². The van der Waals surface area contributed by atoms with Crippen molar-refractivity contribution in [2.75, 3.05) is 33.5 Å². The zero-order valence-corrected chi connectivity index (χ0v) is 14.0. The second kappa shape index (κ2) is 7.25. The fourth-order valence-corrected chi connectivity index (χ4v) is 3.90. The highest BCUT2D eigenvalue weighted by atomic mass is 16.6. The SMILES string of the molecule is COCCOC(=O)N1CCCC12CCc1ccc(C#CCO)cc12. The summed E-state index contributed by atoms with van der Waals surface area (Å²) in [5.41, 5.74) is 3.08. The van der Waals surface area contributed by atoms with E-state index in [9.17, 15) is 4.79 Å². The first-order valence-corrected chi connectivity index (χ1v) is 8.38. The lowest BCUT2D eigenvalue weighted by molar-refractivity contribution is 0.0491. The number of hydrogen-bond acceptors (Lipinski definition) is 4. The van der Waals surface area contributed by atoms with E-state index in [1.807, 2.05) is 11.0 Å². The van der Waals surface area contributed by atoms with Crippen molar-refractivity contribution in [3.05, 3.63) is 34.9 Å². The van der Waals surface area contributed by atoms with Gasteiger partial charge in [0.25, 0.3) is 0 Å². The molecule has 5 heteroatoms. The quantitative estimate of drug-likeness (QED) is 0.681. The fourth-order valence-electron chi connectivity index (χ4n) is 3.90. The summed E-state index contributed by atoms with van der Waals surface area (Å²) in [5.74, 6) is 5.65. The number of rotatable bonds is 3. The van der Waals surface area contributed by atoms with Gasteiger partial charge in [-0.05, 0) is 48.9 Å². The highest BCUT2D eigenvalue weighted by Crippen LogP contribution is 2.49. The van der Waals surface area contributed by atoms with Gasteiger partial charge in [0.1, 0.15) is 13.2 Å². The van der Waals surface area contributed by atoms with Crippen molar-refractivity contribution >= 4 is 6.09 Å². The molecular weight excluding hydrogens is 306 g/mol. The molecule has 1 aliphatic carbocycles. The molecule has 1 unspecified atom stereocenters. The van der Waals surface area contributed by atoms with Crippen LogP contribution in [-0.2, 0) is 21.4 Å². The summed E-state index contributed by atoms with van der Waals surface area (Å²) < 4.78 is 10.3. The van der Waals surface area contributed by atoms with Crippen LogP contribution in [0.2, 0.25) is 0 Å². The number of carbonyl (C=O) groups is 1. The maximum absolute atomic E-state index is 12.5. The number of carbonyl (C=O) groups excluding carboxylic acids is 1. The average Bonchev–Trinajstić information content (AvgIpc) is 3.19. The number of ether oxygens (including phenoxy) is 2. The second-order valence-electron chi connectivity index (χ2n) is 6.23. The van der Waals surface area contributed by atoms with E-state index in [4.69, 9.17) is 14.6 Å². The third-order valence-electron chi connectivity index (χ3n) is 4.95. The van der Waals surface area contributed by atoms with Gasteiger partial charge in [-0.25, -0.2) is 4.79 Å². The summed E-state index contributed by atoms with van der Waals surface area (Å²) in [6, 6.07) is 6.15. The van der Waals surface area contributed by atoms with Gasteiger partial charge in [0.15, 0.2) is 0 Å². The van der Waals surface area contributed by atoms with Crippen molar-refractivity contribution in [2.24, 2.45) is 0 Å². The topological polar surface area (TPSA) is 59.0 Å². The van der Waals surface area contributed by atoms with Gasteiger partial charge in [0.05, 0.1) is 12.1 Å². The van der Waals surface area contributed by atoms with Crippen molar-refractivity contribution in [2.45, 2.75) is 31.2 Å². The molecule has 0 saturated carbocycles. The minimum Gasteiger partial charge on any atom is -0.447 e. The number of methoxy groups -OCH3 is 1. The summed E-state index contributed by atoms with van der Waals surface area (Å²) in [5, 5.41) is 8.89. The third kappa shape index (κ3) is 3.00. The van der Waals surface area contributed by atoms with E-state index in [0.717, 1.165) is 37.8 Å². The standard InChI is InChI=1S/C19H23NO4/c1-23-12-13-24-18(22)20-10-3-8-19(20)9-7-16-6-5-15(4-2-11-21)14-17(16)19/h5-6,14,21H,3,7-13H2,1H3. The van der Waals surface area contributed by atoms with Crippen LogP contribution in [0.1, 0.15) is 36.0 Å². The van der Waals surface area contributed by atoms with E-state index in [1.54, 1.807) is 7.11 Å². The lowest BCUT2D eigenvalue weighted by Crippen LogP contribution is -2.44. The van der Waals surface area contributed by atoms with Crippen molar-refractivity contribution in [3.63, 3.8) is 0 Å². The molecular formula is C19H23NO4. The van der Waals surface area contributed by atoms with E-state index in [0.29, 0.717) is 6.61 Å². The molecule has 1 N–H and O–H groups in total. The van der Waals surface area contributed by atoms with Gasteiger partial charge in [0, 0.05) is 19.2 Å². The van der Waals surface area contributed by atoms with Crippen LogP contribution in [0.4, 0.5) is 4.79 Å². The smallest absolute Gasteiger partial charge is 0.410 e. The number of aryl methyl sites for hydroxylation is 1. The van der Waals surface area contributed by atoms with E-state index in [-0.39, 0.29) is 24.8 Å². The van der Waals surface area contributed by atoms with Crippen LogP contribution in [0.15, 0.2) is 18.2 Å². The molecule has 1 amide bonds. The molecule has 2 aliphatic rings. The molecule has 1 aromatic rings. The first kappa shape index (κ1) is 16.8. The Hall–Kier alpha value is -2.03. The van der Waals surface area contributed by atoms with Crippen LogP contribution in [0, 0.1) is 11.8 Å². The number of benzene rings is 1. The molecule has 1 aliphatic heterocycles. The predicted octanol–water partition coefficient (Wildman–Crippen LogP) is 2.05. The number of hydrogen-bond donors (Lipinski definition) is 1. The molecule has 0 bridgehead atoms. The number of likely N-dealkylation sites (tertiary alicyclic amines) is 1. The molecule has 1 heterocycles. The maximum atomic E-state index is 12.5. The minimum absolute atomic E-state index is 0.153. The van der Waals surface area contributed by atoms with Crippen LogP contribution in [0.5, 0.6) is 0 Å². The molecule has 128 valence electrons. The van der Waals surface area contributed by atoms with Gasteiger partial charge in [-0.1, -0.05) is 17.9 Å². The summed E-state index contributed by atoms with van der Waals surface area (Å²) in [7, 11) is 1.59. The molecule has 1 saturated heterocycles. The first-order chi connectivity index (χ1) is 11.7. The Labute approximate surface area is 142 Å². The van der Waals surface area contributed by atoms with Crippen LogP contribution >= 0.6 is 0 Å². The monoisotopic (exact) mass is 329 g/mol. The molecule has 0 aromatic heterocycles. The largest absolute Gasteiger partial charge is 0.447 e. The molecule has 1 atom stereocenters. The van der Waals surface area contributed by atoms with Crippen molar-refractivity contribution in [1.29, 1.82) is 0 Å². The molecule has 1 spiro atoms. The van der Waals surface area contributed by atoms with Crippen molar-refractivity contribution < 1.29 is 19.4 Å². The van der Waals surface area contributed by atoms with Crippen molar-refractivity contribution in [1.82, 2.24) is 4.90 Å². The van der Waals surface area contributed by atoms with E-state index < -0.39 is 0 Å². The Balaban J connectivity index is 1.87. The minimum atomic E-state index is -0.267. The number of fused-ring (bicyclic) bond motifs is 2. The lowest BCUT2D eigenvalue weighted by atomic mass is 9.88. The number of amides is 1. The molecule has 1 fully saturated rings. The maximum Gasteiger partial charge on any atom is 0.410 e. The summed E-state index contributed by atoms with van der Waals surface area (Å²) in [6.07, 6.45) is 3.56. The van der Waals surface area contributed by atoms with E-state index in [2.05, 4.69) is 24.0 Å². The highest BCUT2D eigenvalue weighted by molar-refractivity contribution is 5.70. The summed E-state index contributed by atoms with van der Waals surface area (Å²) >= 11 is 0. The van der Waals surface area contributed by atoms with Gasteiger partial charge in [0.2, 0.25) is 0 Å². The van der Waals surface area contributed by atoms with Crippen LogP contribution < -0.4 is 0 Å². The fraction of sp³-hybridized carbons (Fsp3) is 0.526. The van der Waals surface area contributed by atoms with Gasteiger partial charge < -0.3 is 14.6 Å². The molecule has 0 radical (unpaired) electrons. The molecule has 1 aromatic carbocycles. The summed E-state index contributed by atoms with van der Waals surface area (Å²) in [6.45, 7) is 1.25. The Morgan fingerprint density at radius 1 is 1.38 bits per heavy atom. The Kier molecular flexibility index (Phi) is 5.08. The Morgan fingerprint density at radius 2 is 2.25 bits per heavy atom. The van der Waals surface area contributed by atoms with E-state index in [1.165, 1.54) is 11.1 Å². The second-order valence-corrected chi connectivity index (χ2v) is 6.23. The first-order valence-electron chi connectivity index (χ1n) is 8.38. The highest BCUT2D eigenvalue weighted by Gasteiger charge is 2.49. The van der Waals surface area contributed by atoms with Gasteiger partial charge in [-0.3, -0.25) is 4.90 Å². The summed E-state index contributed by atoms with van der Waals surface area (Å²) in [4.78, 5) is 14.4.